The molecule has 0 aromatic heterocycles. The lowest BCUT2D eigenvalue weighted by atomic mass is 10.1. The van der Waals surface area contributed by atoms with Crippen molar-refractivity contribution < 1.29 is 9.90 Å². The fourth-order valence-electron chi connectivity index (χ4n) is 2.17. The van der Waals surface area contributed by atoms with Crippen LogP contribution in [0.5, 0.6) is 0 Å². The molecule has 1 saturated carbocycles. The summed E-state index contributed by atoms with van der Waals surface area (Å²) in [6, 6.07) is 0.577. The Kier molecular flexibility index (Phi) is 4.82. The Balaban J connectivity index is 2.33. The zero-order valence-electron chi connectivity index (χ0n) is 9.62. The lowest BCUT2D eigenvalue weighted by Gasteiger charge is -2.15. The SMILES string of the molecule is CCC(=CCNC1CCCC1C)C(=O)O. The molecule has 3 nitrogen and oxygen atoms in total. The molecule has 0 amide bonds. The van der Waals surface area contributed by atoms with E-state index in [1.54, 1.807) is 6.08 Å². The molecule has 0 aromatic carbocycles. The van der Waals surface area contributed by atoms with Crippen molar-refractivity contribution in [1.82, 2.24) is 5.32 Å². The first-order chi connectivity index (χ1) is 7.15. The molecule has 0 aromatic rings. The minimum Gasteiger partial charge on any atom is -0.478 e. The largest absolute Gasteiger partial charge is 0.478 e. The monoisotopic (exact) mass is 211 g/mol. The third kappa shape index (κ3) is 3.67. The van der Waals surface area contributed by atoms with Crippen LogP contribution in [0.1, 0.15) is 39.5 Å². The second kappa shape index (κ2) is 5.91. The van der Waals surface area contributed by atoms with E-state index in [0.717, 1.165) is 5.92 Å². The predicted molar refractivity (Wildman–Crippen MR) is 60.8 cm³/mol. The predicted octanol–water partition coefficient (Wildman–Crippen LogP) is 2.19. The van der Waals surface area contributed by atoms with Crippen LogP contribution in [0.25, 0.3) is 0 Å². The normalized spacial score (nSPS) is 26.9. The van der Waals surface area contributed by atoms with Crippen molar-refractivity contribution in [1.29, 1.82) is 0 Å². The van der Waals surface area contributed by atoms with Gasteiger partial charge in [0.2, 0.25) is 0 Å². The van der Waals surface area contributed by atoms with E-state index in [2.05, 4.69) is 12.2 Å². The molecule has 1 aliphatic carbocycles. The molecule has 0 bridgehead atoms. The van der Waals surface area contributed by atoms with Crippen LogP contribution in [0.4, 0.5) is 0 Å². The van der Waals surface area contributed by atoms with Crippen molar-refractivity contribution in [3.63, 3.8) is 0 Å². The van der Waals surface area contributed by atoms with Gasteiger partial charge in [0.25, 0.3) is 0 Å². The van der Waals surface area contributed by atoms with Crippen LogP contribution >= 0.6 is 0 Å². The molecule has 3 heteroatoms. The number of nitrogens with one attached hydrogen (secondary N) is 1. The quantitative estimate of drug-likeness (QED) is 0.685. The van der Waals surface area contributed by atoms with Crippen LogP contribution in [0.2, 0.25) is 0 Å². The first kappa shape index (κ1) is 12.2. The average Bonchev–Trinajstić information content (AvgIpc) is 2.58. The highest BCUT2D eigenvalue weighted by Crippen LogP contribution is 2.24. The third-order valence-electron chi connectivity index (χ3n) is 3.25. The fourth-order valence-corrected chi connectivity index (χ4v) is 2.17. The number of carboxylic acid groups (broad SMARTS) is 1. The summed E-state index contributed by atoms with van der Waals surface area (Å²) >= 11 is 0. The van der Waals surface area contributed by atoms with Crippen molar-refractivity contribution in [3.05, 3.63) is 11.6 Å². The highest BCUT2D eigenvalue weighted by molar-refractivity contribution is 5.86. The van der Waals surface area contributed by atoms with E-state index in [1.807, 2.05) is 6.92 Å². The molecule has 0 heterocycles. The summed E-state index contributed by atoms with van der Waals surface area (Å²) in [6.07, 6.45) is 6.21. The van der Waals surface area contributed by atoms with Crippen LogP contribution in [0.3, 0.4) is 0 Å². The summed E-state index contributed by atoms with van der Waals surface area (Å²) < 4.78 is 0. The minimum atomic E-state index is -0.793. The van der Waals surface area contributed by atoms with Crippen molar-refractivity contribution in [2.24, 2.45) is 5.92 Å². The molecular weight excluding hydrogens is 190 g/mol. The Bertz CT molecular complexity index is 248. The maximum absolute atomic E-state index is 10.7. The van der Waals surface area contributed by atoms with Gasteiger partial charge in [0.05, 0.1) is 0 Å². The Morgan fingerprint density at radius 3 is 2.73 bits per heavy atom. The summed E-state index contributed by atoms with van der Waals surface area (Å²) in [4.78, 5) is 10.7. The number of carbonyl (C=O) groups is 1. The van der Waals surface area contributed by atoms with E-state index < -0.39 is 5.97 Å². The average molecular weight is 211 g/mol. The molecule has 2 N–H and O–H groups in total. The number of hydrogen-bond donors (Lipinski definition) is 2. The molecule has 15 heavy (non-hydrogen) atoms. The Morgan fingerprint density at radius 2 is 2.27 bits per heavy atom. The van der Waals surface area contributed by atoms with Crippen molar-refractivity contribution >= 4 is 5.97 Å². The van der Waals surface area contributed by atoms with Gasteiger partial charge in [-0.15, -0.1) is 0 Å². The van der Waals surface area contributed by atoms with Gasteiger partial charge in [-0.3, -0.25) is 0 Å². The molecule has 86 valence electrons. The van der Waals surface area contributed by atoms with Gasteiger partial charge in [-0.05, 0) is 25.2 Å². The van der Waals surface area contributed by atoms with Crippen molar-refractivity contribution in [2.45, 2.75) is 45.6 Å². The second-order valence-corrected chi connectivity index (χ2v) is 4.31. The molecule has 0 aliphatic heterocycles. The zero-order valence-corrected chi connectivity index (χ0v) is 9.62. The Labute approximate surface area is 91.6 Å². The highest BCUT2D eigenvalue weighted by Gasteiger charge is 2.21. The molecule has 0 saturated heterocycles. The Hall–Kier alpha value is -0.830. The number of rotatable bonds is 5. The van der Waals surface area contributed by atoms with E-state index in [4.69, 9.17) is 5.11 Å². The van der Waals surface area contributed by atoms with Gasteiger partial charge >= 0.3 is 5.97 Å². The van der Waals surface area contributed by atoms with Crippen molar-refractivity contribution in [3.8, 4) is 0 Å². The zero-order chi connectivity index (χ0) is 11.3. The molecule has 2 unspecified atom stereocenters. The van der Waals surface area contributed by atoms with E-state index >= 15 is 0 Å². The fraction of sp³-hybridized carbons (Fsp3) is 0.750. The molecule has 0 spiro atoms. The minimum absolute atomic E-state index is 0.508. The standard InChI is InChI=1S/C12H21NO2/c1-3-10(12(14)15)7-8-13-11-6-4-5-9(11)2/h7,9,11,13H,3-6,8H2,1-2H3,(H,14,15). The maximum Gasteiger partial charge on any atom is 0.331 e. The van der Waals surface area contributed by atoms with Crippen LogP contribution in [-0.2, 0) is 4.79 Å². The lowest BCUT2D eigenvalue weighted by Crippen LogP contribution is -2.31. The smallest absolute Gasteiger partial charge is 0.331 e. The lowest BCUT2D eigenvalue weighted by molar-refractivity contribution is -0.132. The van der Waals surface area contributed by atoms with E-state index in [1.165, 1.54) is 19.3 Å². The molecule has 1 fully saturated rings. The van der Waals surface area contributed by atoms with Gasteiger partial charge in [0.1, 0.15) is 0 Å². The summed E-state index contributed by atoms with van der Waals surface area (Å²) in [6.45, 7) is 4.81. The summed E-state index contributed by atoms with van der Waals surface area (Å²) in [5, 5.41) is 12.2. The van der Waals surface area contributed by atoms with Gasteiger partial charge < -0.3 is 10.4 Å². The second-order valence-electron chi connectivity index (χ2n) is 4.31. The summed E-state index contributed by atoms with van der Waals surface area (Å²) in [7, 11) is 0. The van der Waals surface area contributed by atoms with Gasteiger partial charge in [-0.25, -0.2) is 4.79 Å². The summed E-state index contributed by atoms with van der Waals surface area (Å²) in [5.74, 6) is -0.0629. The van der Waals surface area contributed by atoms with E-state index in [9.17, 15) is 4.79 Å². The molecule has 0 radical (unpaired) electrons. The van der Waals surface area contributed by atoms with Crippen LogP contribution in [-0.4, -0.2) is 23.7 Å². The van der Waals surface area contributed by atoms with Crippen LogP contribution < -0.4 is 5.32 Å². The maximum atomic E-state index is 10.7. The Morgan fingerprint density at radius 1 is 1.53 bits per heavy atom. The first-order valence-electron chi connectivity index (χ1n) is 5.80. The number of carboxylic acids is 1. The molecule has 1 rings (SSSR count). The van der Waals surface area contributed by atoms with Gasteiger partial charge in [0.15, 0.2) is 0 Å². The first-order valence-corrected chi connectivity index (χ1v) is 5.80. The van der Waals surface area contributed by atoms with Gasteiger partial charge in [-0.1, -0.05) is 26.3 Å². The van der Waals surface area contributed by atoms with E-state index in [0.29, 0.717) is 24.6 Å². The van der Waals surface area contributed by atoms with Crippen molar-refractivity contribution in [2.75, 3.05) is 6.54 Å². The number of aliphatic carboxylic acids is 1. The van der Waals surface area contributed by atoms with Crippen LogP contribution in [0, 0.1) is 5.92 Å². The van der Waals surface area contributed by atoms with E-state index in [-0.39, 0.29) is 0 Å². The molecule has 1 aliphatic rings. The summed E-state index contributed by atoms with van der Waals surface area (Å²) in [5.41, 5.74) is 0.508. The van der Waals surface area contributed by atoms with Gasteiger partial charge in [-0.2, -0.15) is 0 Å². The number of hydrogen-bond acceptors (Lipinski definition) is 2. The van der Waals surface area contributed by atoms with Gasteiger partial charge in [0, 0.05) is 18.2 Å². The topological polar surface area (TPSA) is 49.3 Å². The third-order valence-corrected chi connectivity index (χ3v) is 3.25. The highest BCUT2D eigenvalue weighted by atomic mass is 16.4. The molecular formula is C12H21NO2. The van der Waals surface area contributed by atoms with Crippen LogP contribution in [0.15, 0.2) is 11.6 Å². The molecule has 2 atom stereocenters.